The average Bonchev–Trinajstić information content (AvgIpc) is 2.37. The second-order valence-electron chi connectivity index (χ2n) is 3.76. The van der Waals surface area contributed by atoms with E-state index in [2.05, 4.69) is 0 Å². The summed E-state index contributed by atoms with van der Waals surface area (Å²) >= 11 is 0. The first-order chi connectivity index (χ1) is 8.10. The Morgan fingerprint density at radius 1 is 1.41 bits per heavy atom. The number of ketones is 1. The van der Waals surface area contributed by atoms with Crippen LogP contribution < -0.4 is 4.57 Å². The number of carbonyl (C=O) groups is 2. The molecule has 4 nitrogen and oxygen atoms in total. The Morgan fingerprint density at radius 2 is 2.12 bits per heavy atom. The molecule has 0 aliphatic rings. The summed E-state index contributed by atoms with van der Waals surface area (Å²) in [5.74, 6) is -0.228. The van der Waals surface area contributed by atoms with Crippen molar-refractivity contribution in [1.29, 1.82) is 0 Å². The quantitative estimate of drug-likeness (QED) is 0.577. The van der Waals surface area contributed by atoms with E-state index in [0.717, 1.165) is 0 Å². The van der Waals surface area contributed by atoms with Gasteiger partial charge in [0, 0.05) is 19.4 Å². The van der Waals surface area contributed by atoms with Crippen molar-refractivity contribution in [3.63, 3.8) is 0 Å². The molecule has 92 valence electrons. The van der Waals surface area contributed by atoms with E-state index in [9.17, 15) is 9.59 Å². The molecule has 1 atom stereocenters. The molecule has 1 aromatic heterocycles. The van der Waals surface area contributed by atoms with Crippen LogP contribution in [0.15, 0.2) is 24.5 Å². The number of esters is 1. The van der Waals surface area contributed by atoms with Crippen LogP contribution in [-0.2, 0) is 9.53 Å². The van der Waals surface area contributed by atoms with Crippen molar-refractivity contribution in [2.45, 2.75) is 33.2 Å². The van der Waals surface area contributed by atoms with Gasteiger partial charge in [-0.1, -0.05) is 6.92 Å². The van der Waals surface area contributed by atoms with Crippen molar-refractivity contribution in [1.82, 2.24) is 0 Å². The van der Waals surface area contributed by atoms with Crippen LogP contribution >= 0.6 is 0 Å². The van der Waals surface area contributed by atoms with Gasteiger partial charge in [-0.15, -0.1) is 0 Å². The molecule has 1 unspecified atom stereocenters. The van der Waals surface area contributed by atoms with Crippen LogP contribution in [0, 0.1) is 0 Å². The molecule has 0 saturated carbocycles. The predicted molar refractivity (Wildman–Crippen MR) is 62.6 cm³/mol. The van der Waals surface area contributed by atoms with Crippen LogP contribution in [0.3, 0.4) is 0 Å². The van der Waals surface area contributed by atoms with E-state index >= 15 is 0 Å². The number of aromatic nitrogens is 1. The van der Waals surface area contributed by atoms with Gasteiger partial charge in [0.2, 0.25) is 6.04 Å². The maximum Gasteiger partial charge on any atom is 0.344 e. The van der Waals surface area contributed by atoms with Crippen molar-refractivity contribution in [3.8, 4) is 0 Å². The predicted octanol–water partition coefficient (Wildman–Crippen LogP) is 1.69. The third-order valence-corrected chi connectivity index (χ3v) is 2.59. The third kappa shape index (κ3) is 3.37. The van der Waals surface area contributed by atoms with E-state index in [1.54, 1.807) is 36.0 Å². The minimum Gasteiger partial charge on any atom is -0.462 e. The molecule has 1 aromatic rings. The molecule has 0 radical (unpaired) electrons. The first-order valence-electron chi connectivity index (χ1n) is 5.80. The van der Waals surface area contributed by atoms with Crippen molar-refractivity contribution >= 4 is 11.8 Å². The number of carbonyl (C=O) groups excluding carboxylic acids is 2. The van der Waals surface area contributed by atoms with Gasteiger partial charge in [-0.05, 0) is 13.0 Å². The molecular weight excluding hydrogens is 218 g/mol. The lowest BCUT2D eigenvalue weighted by Crippen LogP contribution is -2.42. The SMILES string of the molecule is CCOC(=O)c1ccc[n+](C(C)C(=O)CC)c1. The molecule has 0 fully saturated rings. The number of rotatable bonds is 5. The lowest BCUT2D eigenvalue weighted by molar-refractivity contribution is -0.706. The van der Waals surface area contributed by atoms with Gasteiger partial charge in [-0.3, -0.25) is 4.79 Å². The second kappa shape index (κ2) is 6.13. The largest absolute Gasteiger partial charge is 0.462 e. The summed E-state index contributed by atoms with van der Waals surface area (Å²) in [6.07, 6.45) is 3.91. The van der Waals surface area contributed by atoms with Crippen LogP contribution in [0.25, 0.3) is 0 Å². The Hall–Kier alpha value is -1.71. The van der Waals surface area contributed by atoms with Crippen LogP contribution in [0.4, 0.5) is 0 Å². The van der Waals surface area contributed by atoms with Crippen molar-refractivity contribution < 1.29 is 18.9 Å². The smallest absolute Gasteiger partial charge is 0.344 e. The van der Waals surface area contributed by atoms with E-state index in [0.29, 0.717) is 18.6 Å². The molecule has 4 heteroatoms. The lowest BCUT2D eigenvalue weighted by atomic mass is 10.1. The van der Waals surface area contributed by atoms with Crippen LogP contribution in [0.2, 0.25) is 0 Å². The maximum atomic E-state index is 11.6. The highest BCUT2D eigenvalue weighted by Gasteiger charge is 2.21. The Kier molecular flexibility index (Phi) is 4.82. The summed E-state index contributed by atoms with van der Waals surface area (Å²) in [6.45, 7) is 5.75. The minimum absolute atomic E-state index is 0.135. The van der Waals surface area contributed by atoms with E-state index in [4.69, 9.17) is 4.74 Å². The zero-order valence-corrected chi connectivity index (χ0v) is 10.5. The highest BCUT2D eigenvalue weighted by atomic mass is 16.5. The van der Waals surface area contributed by atoms with Gasteiger partial charge >= 0.3 is 5.97 Å². The number of hydrogen-bond acceptors (Lipinski definition) is 3. The van der Waals surface area contributed by atoms with Crippen LogP contribution in [0.1, 0.15) is 43.6 Å². The molecule has 0 bridgehead atoms. The van der Waals surface area contributed by atoms with Gasteiger partial charge in [0.05, 0.1) is 6.61 Å². The topological polar surface area (TPSA) is 47.2 Å². The molecular formula is C13H18NO3+. The van der Waals surface area contributed by atoms with Gasteiger partial charge < -0.3 is 4.74 Å². The molecule has 0 saturated heterocycles. The van der Waals surface area contributed by atoms with Crippen LogP contribution in [0.5, 0.6) is 0 Å². The maximum absolute atomic E-state index is 11.6. The van der Waals surface area contributed by atoms with Gasteiger partial charge in [-0.2, -0.15) is 4.57 Å². The fourth-order valence-electron chi connectivity index (χ4n) is 1.53. The normalized spacial score (nSPS) is 11.9. The lowest BCUT2D eigenvalue weighted by Gasteiger charge is -2.05. The molecule has 0 spiro atoms. The first-order valence-corrected chi connectivity index (χ1v) is 5.80. The van der Waals surface area contributed by atoms with Crippen molar-refractivity contribution in [2.24, 2.45) is 0 Å². The zero-order valence-electron chi connectivity index (χ0n) is 10.5. The number of Topliss-reactive ketones (excluding diaryl/α,β-unsaturated/α-hetero) is 1. The van der Waals surface area contributed by atoms with Gasteiger partial charge in [0.1, 0.15) is 5.56 Å². The zero-order chi connectivity index (χ0) is 12.8. The molecule has 0 aliphatic heterocycles. The van der Waals surface area contributed by atoms with Crippen LogP contribution in [-0.4, -0.2) is 18.4 Å². The summed E-state index contributed by atoms with van der Waals surface area (Å²) in [4.78, 5) is 23.1. The Balaban J connectivity index is 2.93. The standard InChI is InChI=1S/C13H18NO3/c1-4-12(15)10(3)14-8-6-7-11(9-14)13(16)17-5-2/h6-10H,4-5H2,1-3H3/q+1. The monoisotopic (exact) mass is 236 g/mol. The van der Waals surface area contributed by atoms with E-state index in [1.807, 2.05) is 13.8 Å². The number of ether oxygens (including phenoxy) is 1. The molecule has 1 rings (SSSR count). The van der Waals surface area contributed by atoms with Crippen molar-refractivity contribution in [3.05, 3.63) is 30.1 Å². The molecule has 0 amide bonds. The summed E-state index contributed by atoms with van der Waals surface area (Å²) in [7, 11) is 0. The highest BCUT2D eigenvalue weighted by molar-refractivity contribution is 5.88. The first kappa shape index (κ1) is 13.4. The Morgan fingerprint density at radius 3 is 2.71 bits per heavy atom. The van der Waals surface area contributed by atoms with Gasteiger partial charge in [0.25, 0.3) is 0 Å². The fourth-order valence-corrected chi connectivity index (χ4v) is 1.53. The van der Waals surface area contributed by atoms with Crippen molar-refractivity contribution in [2.75, 3.05) is 6.61 Å². The van der Waals surface area contributed by atoms with E-state index in [-0.39, 0.29) is 17.8 Å². The highest BCUT2D eigenvalue weighted by Crippen LogP contribution is 2.03. The second-order valence-corrected chi connectivity index (χ2v) is 3.76. The fraction of sp³-hybridized carbons (Fsp3) is 0.462. The van der Waals surface area contributed by atoms with Gasteiger partial charge in [-0.25, -0.2) is 4.79 Å². The summed E-state index contributed by atoms with van der Waals surface area (Å²) < 4.78 is 6.65. The van der Waals surface area contributed by atoms with Gasteiger partial charge in [0.15, 0.2) is 18.2 Å². The summed E-state index contributed by atoms with van der Waals surface area (Å²) in [6, 6.07) is 3.16. The summed E-state index contributed by atoms with van der Waals surface area (Å²) in [5, 5.41) is 0. The summed E-state index contributed by atoms with van der Waals surface area (Å²) in [5.41, 5.74) is 0.463. The Bertz CT molecular complexity index is 415. The number of pyridine rings is 1. The third-order valence-electron chi connectivity index (χ3n) is 2.59. The van der Waals surface area contributed by atoms with E-state index in [1.165, 1.54) is 0 Å². The number of nitrogens with zero attached hydrogens (tertiary/aromatic N) is 1. The molecule has 0 N–H and O–H groups in total. The van der Waals surface area contributed by atoms with E-state index < -0.39 is 0 Å². The average molecular weight is 236 g/mol. The Labute approximate surface area is 101 Å². The minimum atomic E-state index is -0.363. The molecule has 17 heavy (non-hydrogen) atoms. The molecule has 1 heterocycles. The molecule has 0 aromatic carbocycles. The molecule has 0 aliphatic carbocycles. The number of hydrogen-bond donors (Lipinski definition) is 0.